The number of hydrogen-bond donors (Lipinski definition) is 1. The highest BCUT2D eigenvalue weighted by Crippen LogP contribution is 2.37. The van der Waals surface area contributed by atoms with Crippen LogP contribution >= 0.6 is 11.8 Å². The maximum atomic E-state index is 13.2. The van der Waals surface area contributed by atoms with Gasteiger partial charge in [-0.2, -0.15) is 0 Å². The highest BCUT2D eigenvalue weighted by Gasteiger charge is 2.40. The van der Waals surface area contributed by atoms with Crippen LogP contribution in [0.15, 0.2) is 94.4 Å². The maximum absolute atomic E-state index is 13.2. The lowest BCUT2D eigenvalue weighted by atomic mass is 10.2. The minimum atomic E-state index is -0.350. The Balaban J connectivity index is 1.74. The summed E-state index contributed by atoms with van der Waals surface area (Å²) in [5, 5.41) is 3.19. The van der Waals surface area contributed by atoms with Crippen molar-refractivity contribution in [2.45, 2.75) is 18.7 Å². The van der Waals surface area contributed by atoms with Crippen LogP contribution in [0.5, 0.6) is 0 Å². The summed E-state index contributed by atoms with van der Waals surface area (Å²) in [6, 6.07) is 24.7. The average Bonchev–Trinajstić information content (AvgIpc) is 2.94. The normalized spacial score (nSPS) is 13.9. The van der Waals surface area contributed by atoms with Crippen LogP contribution in [-0.2, 0) is 9.59 Å². The average molecular weight is 401 g/mol. The minimum Gasteiger partial charge on any atom is -0.350 e. The molecule has 2 amide bonds. The van der Waals surface area contributed by atoms with Gasteiger partial charge in [0.15, 0.2) is 0 Å². The van der Waals surface area contributed by atoms with Gasteiger partial charge < -0.3 is 5.32 Å². The van der Waals surface area contributed by atoms with Crippen molar-refractivity contribution in [2.24, 2.45) is 0 Å². The Kier molecular flexibility index (Phi) is 5.23. The van der Waals surface area contributed by atoms with Gasteiger partial charge in [0, 0.05) is 10.6 Å². The molecule has 4 rings (SSSR count). The van der Waals surface area contributed by atoms with Crippen molar-refractivity contribution < 1.29 is 9.59 Å². The summed E-state index contributed by atoms with van der Waals surface area (Å²) in [6.07, 6.45) is 0. The number of aryl methyl sites for hydroxylation is 2. The number of rotatable bonds is 5. The molecule has 1 aliphatic heterocycles. The van der Waals surface area contributed by atoms with E-state index in [0.29, 0.717) is 16.3 Å². The van der Waals surface area contributed by atoms with Crippen LogP contribution in [-0.4, -0.2) is 11.8 Å². The molecule has 1 aliphatic rings. The van der Waals surface area contributed by atoms with Crippen LogP contribution in [0.25, 0.3) is 0 Å². The molecule has 0 saturated heterocycles. The first-order chi connectivity index (χ1) is 14.0. The Bertz CT molecular complexity index is 1110. The van der Waals surface area contributed by atoms with Crippen LogP contribution in [0.2, 0.25) is 0 Å². The lowest BCUT2D eigenvalue weighted by Gasteiger charge is -2.15. The lowest BCUT2D eigenvalue weighted by Crippen LogP contribution is -2.32. The van der Waals surface area contributed by atoms with Gasteiger partial charge in [0.1, 0.15) is 10.6 Å². The summed E-state index contributed by atoms with van der Waals surface area (Å²) in [6.45, 7) is 4.00. The van der Waals surface area contributed by atoms with Crippen molar-refractivity contribution in [3.63, 3.8) is 0 Å². The Morgan fingerprint density at radius 1 is 0.759 bits per heavy atom. The number of nitrogens with zero attached hydrogens (tertiary/aromatic N) is 1. The van der Waals surface area contributed by atoms with Crippen LogP contribution < -0.4 is 10.2 Å². The number of anilines is 2. The lowest BCUT2D eigenvalue weighted by molar-refractivity contribution is -0.120. The van der Waals surface area contributed by atoms with E-state index in [4.69, 9.17) is 0 Å². The quantitative estimate of drug-likeness (QED) is 0.591. The van der Waals surface area contributed by atoms with Gasteiger partial charge in [0.25, 0.3) is 11.8 Å². The Morgan fingerprint density at radius 2 is 1.48 bits per heavy atom. The summed E-state index contributed by atoms with van der Waals surface area (Å²) in [5.41, 5.74) is 3.85. The monoisotopic (exact) mass is 400 g/mol. The van der Waals surface area contributed by atoms with Gasteiger partial charge >= 0.3 is 0 Å². The molecule has 0 aromatic heterocycles. The second-order valence-corrected chi connectivity index (χ2v) is 7.98. The molecule has 29 heavy (non-hydrogen) atoms. The highest BCUT2D eigenvalue weighted by atomic mass is 32.2. The number of thioether (sulfide) groups is 1. The summed E-state index contributed by atoms with van der Waals surface area (Å²) in [4.78, 5) is 29.0. The number of hydrogen-bond acceptors (Lipinski definition) is 4. The Hall–Kier alpha value is -3.31. The van der Waals surface area contributed by atoms with E-state index in [-0.39, 0.29) is 11.8 Å². The first kappa shape index (κ1) is 19.0. The topological polar surface area (TPSA) is 49.4 Å². The molecule has 1 N–H and O–H groups in total. The van der Waals surface area contributed by atoms with Crippen LogP contribution in [0.3, 0.4) is 0 Å². The van der Waals surface area contributed by atoms with Crippen molar-refractivity contribution in [1.82, 2.24) is 0 Å². The predicted molar refractivity (Wildman–Crippen MR) is 118 cm³/mol. The van der Waals surface area contributed by atoms with Crippen LogP contribution in [0.1, 0.15) is 11.1 Å². The maximum Gasteiger partial charge on any atom is 0.283 e. The van der Waals surface area contributed by atoms with Gasteiger partial charge in [0.2, 0.25) is 0 Å². The summed E-state index contributed by atoms with van der Waals surface area (Å²) in [7, 11) is 0. The van der Waals surface area contributed by atoms with E-state index in [2.05, 4.69) is 5.32 Å². The van der Waals surface area contributed by atoms with Gasteiger partial charge in [-0.25, -0.2) is 4.90 Å². The molecule has 1 heterocycles. The fourth-order valence-electron chi connectivity index (χ4n) is 3.12. The van der Waals surface area contributed by atoms with Gasteiger partial charge in [-0.15, -0.1) is 0 Å². The first-order valence-corrected chi connectivity index (χ1v) is 10.1. The van der Waals surface area contributed by atoms with Crippen molar-refractivity contribution in [3.05, 3.63) is 101 Å². The molecule has 0 bridgehead atoms. The molecule has 5 heteroatoms. The zero-order chi connectivity index (χ0) is 20.4. The molecule has 0 radical (unpaired) electrons. The van der Waals surface area contributed by atoms with Crippen molar-refractivity contribution in [2.75, 3.05) is 10.2 Å². The number of amides is 2. The number of carbonyl (C=O) groups excluding carboxylic acids is 2. The Morgan fingerprint density at radius 3 is 2.17 bits per heavy atom. The summed E-state index contributed by atoms with van der Waals surface area (Å²) in [5.74, 6) is -0.667. The van der Waals surface area contributed by atoms with E-state index in [1.807, 2.05) is 80.6 Å². The van der Waals surface area contributed by atoms with Crippen molar-refractivity contribution in [3.8, 4) is 0 Å². The SMILES string of the molecule is Cc1ccc(SC2=C(Nc3cccc(C)c3)C(=O)N(c3ccccc3)C2=O)cc1. The fraction of sp³-hybridized carbons (Fsp3) is 0.0833. The third-order valence-corrected chi connectivity index (χ3v) is 5.67. The molecular weight excluding hydrogens is 380 g/mol. The van der Waals surface area contributed by atoms with Crippen LogP contribution in [0.4, 0.5) is 11.4 Å². The number of carbonyl (C=O) groups is 2. The highest BCUT2D eigenvalue weighted by molar-refractivity contribution is 8.04. The molecule has 144 valence electrons. The third-order valence-electron chi connectivity index (χ3n) is 4.58. The van der Waals surface area contributed by atoms with E-state index < -0.39 is 0 Å². The zero-order valence-electron chi connectivity index (χ0n) is 16.2. The van der Waals surface area contributed by atoms with E-state index in [1.54, 1.807) is 12.1 Å². The number of nitrogens with one attached hydrogen (secondary N) is 1. The van der Waals surface area contributed by atoms with E-state index in [1.165, 1.54) is 16.7 Å². The molecule has 0 unspecified atom stereocenters. The van der Waals surface area contributed by atoms with Crippen LogP contribution in [0, 0.1) is 13.8 Å². The van der Waals surface area contributed by atoms with Crippen molar-refractivity contribution in [1.29, 1.82) is 0 Å². The minimum absolute atomic E-state index is 0.301. The molecule has 0 aliphatic carbocycles. The predicted octanol–water partition coefficient (Wildman–Crippen LogP) is 5.29. The molecule has 0 atom stereocenters. The second-order valence-electron chi connectivity index (χ2n) is 6.89. The second kappa shape index (κ2) is 7.97. The van der Waals surface area contributed by atoms with Gasteiger partial charge in [-0.05, 0) is 55.8 Å². The largest absolute Gasteiger partial charge is 0.350 e. The zero-order valence-corrected chi connectivity index (χ0v) is 17.0. The molecule has 0 fully saturated rings. The molecule has 3 aromatic carbocycles. The van der Waals surface area contributed by atoms with Gasteiger partial charge in [0.05, 0.1) is 5.69 Å². The summed E-state index contributed by atoms with van der Waals surface area (Å²) < 4.78 is 0. The molecular formula is C24H20N2O2S. The molecule has 0 spiro atoms. The first-order valence-electron chi connectivity index (χ1n) is 9.29. The van der Waals surface area contributed by atoms with Crippen molar-refractivity contribution >= 4 is 35.0 Å². The van der Waals surface area contributed by atoms with Gasteiger partial charge in [-0.3, -0.25) is 9.59 Å². The molecule has 3 aromatic rings. The van der Waals surface area contributed by atoms with E-state index in [9.17, 15) is 9.59 Å². The van der Waals surface area contributed by atoms with Gasteiger partial charge in [-0.1, -0.05) is 59.8 Å². The smallest absolute Gasteiger partial charge is 0.283 e. The third kappa shape index (κ3) is 3.96. The Labute approximate surface area is 174 Å². The number of imide groups is 1. The number of benzene rings is 3. The standard InChI is InChI=1S/C24H20N2O2S/c1-16-11-13-20(14-12-16)29-22-21(25-18-8-6-7-17(2)15-18)23(27)26(24(22)28)19-9-4-3-5-10-19/h3-15,25H,1-2H3. The number of para-hydroxylation sites is 1. The molecule has 4 nitrogen and oxygen atoms in total. The summed E-state index contributed by atoms with van der Waals surface area (Å²) >= 11 is 1.31. The fourth-order valence-corrected chi connectivity index (χ4v) is 4.04. The molecule has 0 saturated carbocycles. The van der Waals surface area contributed by atoms with E-state index in [0.717, 1.165) is 21.7 Å². The van der Waals surface area contributed by atoms with E-state index >= 15 is 0 Å².